The number of carbonyl (C=O) groups excluding carboxylic acids is 1. The van der Waals surface area contributed by atoms with E-state index in [1.807, 2.05) is 13.8 Å². The highest BCUT2D eigenvalue weighted by molar-refractivity contribution is 5.77. The maximum absolute atomic E-state index is 11.3. The molecule has 0 aliphatic carbocycles. The zero-order chi connectivity index (χ0) is 10.7. The average molecular weight is 201 g/mol. The van der Waals surface area contributed by atoms with Gasteiger partial charge in [0.05, 0.1) is 24.7 Å². The quantitative estimate of drug-likeness (QED) is 0.590. The van der Waals surface area contributed by atoms with Crippen molar-refractivity contribution in [2.24, 2.45) is 5.92 Å². The van der Waals surface area contributed by atoms with Gasteiger partial charge in [0, 0.05) is 6.42 Å². The van der Waals surface area contributed by atoms with Gasteiger partial charge in [-0.25, -0.2) is 0 Å². The molecule has 4 heteroatoms. The molecular formula is C10H19NO3. The Labute approximate surface area is 84.3 Å². The van der Waals surface area contributed by atoms with Crippen LogP contribution in [0, 0.1) is 5.92 Å². The average Bonchev–Trinajstić information content (AvgIpc) is 2.23. The maximum atomic E-state index is 11.3. The van der Waals surface area contributed by atoms with Gasteiger partial charge in [-0.15, -0.1) is 0 Å². The van der Waals surface area contributed by atoms with Crippen molar-refractivity contribution in [3.8, 4) is 0 Å². The van der Waals surface area contributed by atoms with Gasteiger partial charge in [-0.1, -0.05) is 20.3 Å². The van der Waals surface area contributed by atoms with E-state index < -0.39 is 12.2 Å². The monoisotopic (exact) mass is 201 g/mol. The number of hydrogen-bond donors (Lipinski definition) is 3. The number of carbonyl (C=O) groups is 1. The fraction of sp³-hybridized carbons (Fsp3) is 0.900. The third-order valence-electron chi connectivity index (χ3n) is 2.93. The third kappa shape index (κ3) is 2.69. The summed E-state index contributed by atoms with van der Waals surface area (Å²) >= 11 is 0. The predicted molar refractivity (Wildman–Crippen MR) is 52.6 cm³/mol. The SMILES string of the molecule is CCC(C)C1NC(=O)CC(O)CC1O. The summed E-state index contributed by atoms with van der Waals surface area (Å²) < 4.78 is 0. The van der Waals surface area contributed by atoms with Gasteiger partial charge in [0.15, 0.2) is 0 Å². The largest absolute Gasteiger partial charge is 0.392 e. The number of amides is 1. The van der Waals surface area contributed by atoms with Crippen LogP contribution in [-0.4, -0.2) is 34.4 Å². The topological polar surface area (TPSA) is 69.6 Å². The number of nitrogens with one attached hydrogen (secondary N) is 1. The first-order valence-electron chi connectivity index (χ1n) is 5.20. The molecule has 1 aliphatic rings. The smallest absolute Gasteiger partial charge is 0.222 e. The van der Waals surface area contributed by atoms with Gasteiger partial charge >= 0.3 is 0 Å². The van der Waals surface area contributed by atoms with Crippen LogP contribution in [0.15, 0.2) is 0 Å². The second-order valence-electron chi connectivity index (χ2n) is 4.14. The van der Waals surface area contributed by atoms with E-state index in [1.54, 1.807) is 0 Å². The molecule has 1 amide bonds. The maximum Gasteiger partial charge on any atom is 0.222 e. The number of aliphatic hydroxyl groups is 2. The van der Waals surface area contributed by atoms with Crippen molar-refractivity contribution in [3.63, 3.8) is 0 Å². The molecule has 0 aromatic rings. The molecule has 1 heterocycles. The Morgan fingerprint density at radius 1 is 1.57 bits per heavy atom. The molecule has 14 heavy (non-hydrogen) atoms. The van der Waals surface area contributed by atoms with Crippen molar-refractivity contribution in [3.05, 3.63) is 0 Å². The minimum Gasteiger partial charge on any atom is -0.392 e. The number of aliphatic hydroxyl groups excluding tert-OH is 2. The lowest BCUT2D eigenvalue weighted by Gasteiger charge is -2.26. The van der Waals surface area contributed by atoms with Gasteiger partial charge < -0.3 is 15.5 Å². The van der Waals surface area contributed by atoms with Gasteiger partial charge in [-0.3, -0.25) is 4.79 Å². The Hall–Kier alpha value is -0.610. The van der Waals surface area contributed by atoms with Crippen molar-refractivity contribution < 1.29 is 15.0 Å². The van der Waals surface area contributed by atoms with Crippen LogP contribution in [0.25, 0.3) is 0 Å². The third-order valence-corrected chi connectivity index (χ3v) is 2.93. The van der Waals surface area contributed by atoms with Crippen LogP contribution in [0.3, 0.4) is 0 Å². The molecule has 1 saturated heterocycles. The molecule has 0 spiro atoms. The molecule has 1 aliphatic heterocycles. The molecular weight excluding hydrogens is 182 g/mol. The Morgan fingerprint density at radius 2 is 2.21 bits per heavy atom. The van der Waals surface area contributed by atoms with E-state index in [0.717, 1.165) is 6.42 Å². The highest BCUT2D eigenvalue weighted by atomic mass is 16.3. The lowest BCUT2D eigenvalue weighted by Crippen LogP contribution is -2.45. The second kappa shape index (κ2) is 4.75. The van der Waals surface area contributed by atoms with Crippen molar-refractivity contribution in [2.45, 2.75) is 51.4 Å². The number of hydrogen-bond acceptors (Lipinski definition) is 3. The molecule has 4 atom stereocenters. The fourth-order valence-electron chi connectivity index (χ4n) is 1.84. The standard InChI is InChI=1S/C10H19NO3/c1-3-6(2)10-8(13)4-7(12)5-9(14)11-10/h6-8,10,12-13H,3-5H2,1-2H3,(H,11,14). The highest BCUT2D eigenvalue weighted by Crippen LogP contribution is 2.19. The van der Waals surface area contributed by atoms with Crippen LogP contribution in [-0.2, 0) is 4.79 Å². The molecule has 0 aromatic heterocycles. The Bertz CT molecular complexity index is 208. The first-order valence-corrected chi connectivity index (χ1v) is 5.20. The highest BCUT2D eigenvalue weighted by Gasteiger charge is 2.31. The van der Waals surface area contributed by atoms with Crippen molar-refractivity contribution in [1.29, 1.82) is 0 Å². The molecule has 1 fully saturated rings. The summed E-state index contributed by atoms with van der Waals surface area (Å²) in [6.07, 6.45) is -0.0546. The molecule has 0 radical (unpaired) electrons. The first-order chi connectivity index (χ1) is 6.54. The van der Waals surface area contributed by atoms with E-state index in [0.29, 0.717) is 0 Å². The molecule has 0 saturated carbocycles. The van der Waals surface area contributed by atoms with E-state index in [1.165, 1.54) is 0 Å². The molecule has 1 rings (SSSR count). The Kier molecular flexibility index (Phi) is 3.89. The summed E-state index contributed by atoms with van der Waals surface area (Å²) in [5.41, 5.74) is 0. The molecule has 4 nitrogen and oxygen atoms in total. The second-order valence-corrected chi connectivity index (χ2v) is 4.14. The normalized spacial score (nSPS) is 36.0. The summed E-state index contributed by atoms with van der Waals surface area (Å²) in [7, 11) is 0. The van der Waals surface area contributed by atoms with Crippen LogP contribution in [0.2, 0.25) is 0 Å². The minimum atomic E-state index is -0.709. The van der Waals surface area contributed by atoms with Gasteiger partial charge in [-0.05, 0) is 5.92 Å². The first kappa shape index (κ1) is 11.5. The Morgan fingerprint density at radius 3 is 2.79 bits per heavy atom. The van der Waals surface area contributed by atoms with Crippen molar-refractivity contribution in [1.82, 2.24) is 5.32 Å². The van der Waals surface area contributed by atoms with Crippen LogP contribution >= 0.6 is 0 Å². The molecule has 3 N–H and O–H groups in total. The zero-order valence-electron chi connectivity index (χ0n) is 8.73. The summed E-state index contributed by atoms with van der Waals surface area (Å²) in [6, 6.07) is -0.218. The van der Waals surface area contributed by atoms with Gasteiger partial charge in [0.1, 0.15) is 0 Å². The Balaban J connectivity index is 2.68. The van der Waals surface area contributed by atoms with E-state index in [2.05, 4.69) is 5.32 Å². The lowest BCUT2D eigenvalue weighted by atomic mass is 9.92. The van der Waals surface area contributed by atoms with E-state index in [4.69, 9.17) is 0 Å². The summed E-state index contributed by atoms with van der Waals surface area (Å²) in [5, 5.41) is 21.9. The lowest BCUT2D eigenvalue weighted by molar-refractivity contribution is -0.123. The van der Waals surface area contributed by atoms with Crippen molar-refractivity contribution in [2.75, 3.05) is 0 Å². The van der Waals surface area contributed by atoms with Crippen LogP contribution in [0.1, 0.15) is 33.1 Å². The van der Waals surface area contributed by atoms with Gasteiger partial charge in [-0.2, -0.15) is 0 Å². The summed E-state index contributed by atoms with van der Waals surface area (Å²) in [6.45, 7) is 4.01. The molecule has 0 bridgehead atoms. The molecule has 82 valence electrons. The van der Waals surface area contributed by atoms with Gasteiger partial charge in [0.2, 0.25) is 5.91 Å². The summed E-state index contributed by atoms with van der Waals surface area (Å²) in [5.74, 6) is 0.0681. The van der Waals surface area contributed by atoms with E-state index in [9.17, 15) is 15.0 Å². The van der Waals surface area contributed by atoms with Crippen LogP contribution < -0.4 is 5.32 Å². The summed E-state index contributed by atoms with van der Waals surface area (Å²) in [4.78, 5) is 11.3. The predicted octanol–water partition coefficient (Wildman–Crippen LogP) is 0.0329. The van der Waals surface area contributed by atoms with E-state index in [-0.39, 0.29) is 30.7 Å². The fourth-order valence-corrected chi connectivity index (χ4v) is 1.84. The van der Waals surface area contributed by atoms with E-state index >= 15 is 0 Å². The molecule has 0 aromatic carbocycles. The minimum absolute atomic E-state index is 0.101. The van der Waals surface area contributed by atoms with Crippen LogP contribution in [0.4, 0.5) is 0 Å². The van der Waals surface area contributed by atoms with Crippen LogP contribution in [0.5, 0.6) is 0 Å². The zero-order valence-corrected chi connectivity index (χ0v) is 8.73. The van der Waals surface area contributed by atoms with Gasteiger partial charge in [0.25, 0.3) is 0 Å². The number of rotatable bonds is 2. The van der Waals surface area contributed by atoms with Crippen molar-refractivity contribution >= 4 is 5.91 Å². The molecule has 4 unspecified atom stereocenters.